The van der Waals surface area contributed by atoms with Crippen LogP contribution in [0.1, 0.15) is 0 Å². The van der Waals surface area contributed by atoms with E-state index < -0.39 is 11.2 Å². The summed E-state index contributed by atoms with van der Waals surface area (Å²) >= 11 is 4.93. The van der Waals surface area contributed by atoms with Gasteiger partial charge in [0.05, 0.1) is 12.7 Å². The molecule has 0 radical (unpaired) electrons. The number of amides is 2. The fraction of sp³-hybridized carbons (Fsp3) is 0.389. The van der Waals surface area contributed by atoms with Crippen molar-refractivity contribution in [1.82, 2.24) is 14.9 Å². The maximum atomic E-state index is 13.0. The van der Waals surface area contributed by atoms with E-state index in [4.69, 9.17) is 11.6 Å². The van der Waals surface area contributed by atoms with Gasteiger partial charge in [-0.1, -0.05) is 11.6 Å². The minimum absolute atomic E-state index is 0.0150. The lowest BCUT2D eigenvalue weighted by Crippen LogP contribution is -2.74. The third-order valence-corrected chi connectivity index (χ3v) is 7.04. The topological polar surface area (TPSA) is 75.6 Å². The molecule has 1 aromatic heterocycles. The fourth-order valence-electron chi connectivity index (χ4n) is 4.15. The van der Waals surface area contributed by atoms with E-state index in [1.54, 1.807) is 41.7 Å². The van der Waals surface area contributed by atoms with Crippen molar-refractivity contribution in [2.45, 2.75) is 4.90 Å². The van der Waals surface area contributed by atoms with Crippen molar-refractivity contribution in [3.8, 4) is 0 Å². The van der Waals surface area contributed by atoms with Gasteiger partial charge in [-0.05, 0) is 23.3 Å². The van der Waals surface area contributed by atoms with Gasteiger partial charge in [-0.2, -0.15) is 0 Å². The molecule has 0 aliphatic carbocycles. The number of carbonyl (C=O) groups excluding carboxylic acids is 1. The van der Waals surface area contributed by atoms with Crippen LogP contribution in [0, 0.1) is 5.41 Å². The van der Waals surface area contributed by atoms with Crippen molar-refractivity contribution in [3.63, 3.8) is 0 Å². The maximum Gasteiger partial charge on any atom is 0.324 e. The molecule has 0 bridgehead atoms. The highest BCUT2D eigenvalue weighted by Crippen LogP contribution is 2.42. The zero-order chi connectivity index (χ0) is 18.6. The lowest BCUT2D eigenvalue weighted by molar-refractivity contribution is 0.00966. The van der Waals surface area contributed by atoms with Crippen LogP contribution in [-0.2, 0) is 11.2 Å². The minimum atomic E-state index is -1.11. The molecule has 1 unspecified atom stereocenters. The Hall–Kier alpha value is -2.03. The number of benzene rings is 1. The van der Waals surface area contributed by atoms with Gasteiger partial charge in [0.1, 0.15) is 17.3 Å². The van der Waals surface area contributed by atoms with Gasteiger partial charge >= 0.3 is 6.03 Å². The van der Waals surface area contributed by atoms with E-state index in [0.29, 0.717) is 27.9 Å². The van der Waals surface area contributed by atoms with Crippen LogP contribution in [0.5, 0.6) is 0 Å². The molecule has 3 aliphatic rings. The monoisotopic (exact) mass is 403 g/mol. The summed E-state index contributed by atoms with van der Waals surface area (Å²) in [5.74, 6) is 1.33. The Balaban J connectivity index is 1.25. The largest absolute Gasteiger partial charge is 0.611 e. The molecule has 7 nitrogen and oxygen atoms in total. The first kappa shape index (κ1) is 17.1. The molecular formula is C18H18ClN5O2S. The number of hydrogen-bond donors (Lipinski definition) is 0. The first-order valence-corrected chi connectivity index (χ1v) is 10.5. The zero-order valence-electron chi connectivity index (χ0n) is 14.5. The van der Waals surface area contributed by atoms with Crippen LogP contribution in [0.3, 0.4) is 0 Å². The van der Waals surface area contributed by atoms with Crippen molar-refractivity contribution < 1.29 is 9.35 Å². The van der Waals surface area contributed by atoms with Crippen molar-refractivity contribution in [2.24, 2.45) is 5.41 Å². The molecule has 2 aromatic rings. The van der Waals surface area contributed by atoms with Crippen LogP contribution in [0.4, 0.5) is 16.3 Å². The Kier molecular flexibility index (Phi) is 3.96. The molecule has 2 fully saturated rings. The molecule has 4 heterocycles. The molecule has 0 N–H and O–H groups in total. The summed E-state index contributed by atoms with van der Waals surface area (Å²) in [7, 11) is 0. The number of carbonyl (C=O) groups is 1. The maximum absolute atomic E-state index is 13.0. The summed E-state index contributed by atoms with van der Waals surface area (Å²) in [6, 6.07) is 5.22. The first-order chi connectivity index (χ1) is 13.0. The molecule has 27 heavy (non-hydrogen) atoms. The molecule has 1 spiro atoms. The van der Waals surface area contributed by atoms with Gasteiger partial charge in [-0.25, -0.2) is 9.78 Å². The van der Waals surface area contributed by atoms with Crippen LogP contribution in [0.2, 0.25) is 5.02 Å². The standard InChI is InChI=1S/C18H18ClN5O2S/c19-13-1-2-14-15(7-13)27(26)6-5-24(14)17(25)23-11-18(12-23)9-22(10-18)16-8-20-3-4-21-16/h1-4,7-8H,5-6,9-12H2. The van der Waals surface area contributed by atoms with Crippen LogP contribution in [0.25, 0.3) is 0 Å². The Morgan fingerprint density at radius 1 is 1.22 bits per heavy atom. The molecule has 5 rings (SSSR count). The number of nitrogens with zero attached hydrogens (tertiary/aromatic N) is 5. The SMILES string of the molecule is O=C(N1CC2(C1)CN(c1cnccn1)C2)N1CC[S+]([O-])c2cc(Cl)ccc21. The first-order valence-electron chi connectivity index (χ1n) is 8.80. The normalized spacial score (nSPS) is 22.9. The molecule has 1 atom stereocenters. The summed E-state index contributed by atoms with van der Waals surface area (Å²) in [5.41, 5.74) is 0.874. The average molecular weight is 404 g/mol. The third-order valence-electron chi connectivity index (χ3n) is 5.44. The highest BCUT2D eigenvalue weighted by molar-refractivity contribution is 7.91. The molecule has 2 saturated heterocycles. The van der Waals surface area contributed by atoms with E-state index in [2.05, 4.69) is 14.9 Å². The number of fused-ring (bicyclic) bond motifs is 1. The van der Waals surface area contributed by atoms with Crippen molar-refractivity contribution in [1.29, 1.82) is 0 Å². The van der Waals surface area contributed by atoms with Crippen molar-refractivity contribution >= 4 is 40.3 Å². The molecule has 1 aromatic carbocycles. The lowest BCUT2D eigenvalue weighted by Gasteiger charge is -2.60. The summed E-state index contributed by atoms with van der Waals surface area (Å²) in [4.78, 5) is 27.9. The number of halogens is 1. The lowest BCUT2D eigenvalue weighted by atomic mass is 9.73. The highest BCUT2D eigenvalue weighted by Gasteiger charge is 2.54. The van der Waals surface area contributed by atoms with Gasteiger partial charge in [0, 0.05) is 55.1 Å². The van der Waals surface area contributed by atoms with Crippen molar-refractivity contribution in [2.75, 3.05) is 48.3 Å². The number of aromatic nitrogens is 2. The predicted octanol–water partition coefficient (Wildman–Crippen LogP) is 2.00. The Labute approximate surface area is 165 Å². The van der Waals surface area contributed by atoms with E-state index in [1.807, 2.05) is 4.90 Å². The second-order valence-corrected chi connectivity index (χ2v) is 9.35. The van der Waals surface area contributed by atoms with Gasteiger partial charge in [0.25, 0.3) is 0 Å². The van der Waals surface area contributed by atoms with Crippen LogP contribution < -0.4 is 9.80 Å². The molecule has 3 aliphatic heterocycles. The molecule has 2 amide bonds. The smallest absolute Gasteiger partial charge is 0.324 e. The number of hydrogen-bond acceptors (Lipinski definition) is 5. The van der Waals surface area contributed by atoms with Gasteiger partial charge in [0.15, 0.2) is 4.90 Å². The molecular weight excluding hydrogens is 386 g/mol. The number of rotatable bonds is 1. The van der Waals surface area contributed by atoms with Crippen LogP contribution in [0.15, 0.2) is 41.7 Å². The summed E-state index contributed by atoms with van der Waals surface area (Å²) in [5, 5.41) is 0.540. The van der Waals surface area contributed by atoms with Crippen LogP contribution >= 0.6 is 11.6 Å². The second-order valence-electron chi connectivity index (χ2n) is 7.37. The van der Waals surface area contributed by atoms with Gasteiger partial charge < -0.3 is 14.4 Å². The van der Waals surface area contributed by atoms with Gasteiger partial charge in [0.2, 0.25) is 0 Å². The van der Waals surface area contributed by atoms with Crippen molar-refractivity contribution in [3.05, 3.63) is 41.8 Å². The second kappa shape index (κ2) is 6.25. The predicted molar refractivity (Wildman–Crippen MR) is 104 cm³/mol. The summed E-state index contributed by atoms with van der Waals surface area (Å²) < 4.78 is 12.3. The number of urea groups is 1. The summed E-state index contributed by atoms with van der Waals surface area (Å²) in [6.45, 7) is 3.74. The van der Waals surface area contributed by atoms with Gasteiger partial charge in [-0.15, -0.1) is 0 Å². The van der Waals surface area contributed by atoms with E-state index >= 15 is 0 Å². The minimum Gasteiger partial charge on any atom is -0.611 e. The van der Waals surface area contributed by atoms with E-state index in [0.717, 1.165) is 32.0 Å². The Bertz CT molecular complexity index is 885. The molecule has 9 heteroatoms. The number of likely N-dealkylation sites (tertiary alicyclic amines) is 1. The highest BCUT2D eigenvalue weighted by atomic mass is 35.5. The average Bonchev–Trinajstić information content (AvgIpc) is 2.61. The summed E-state index contributed by atoms with van der Waals surface area (Å²) in [6.07, 6.45) is 5.13. The van der Waals surface area contributed by atoms with E-state index in [9.17, 15) is 9.35 Å². The third kappa shape index (κ3) is 2.83. The number of anilines is 2. The van der Waals surface area contributed by atoms with E-state index in [-0.39, 0.29) is 11.4 Å². The molecule has 0 saturated carbocycles. The zero-order valence-corrected chi connectivity index (χ0v) is 16.1. The molecule has 140 valence electrons. The van der Waals surface area contributed by atoms with Crippen LogP contribution in [-0.4, -0.2) is 63.9 Å². The van der Waals surface area contributed by atoms with Gasteiger partial charge in [-0.3, -0.25) is 9.88 Å². The van der Waals surface area contributed by atoms with E-state index in [1.165, 1.54) is 0 Å². The Morgan fingerprint density at radius 2 is 2.04 bits per heavy atom. The quantitative estimate of drug-likeness (QED) is 0.681. The fourth-order valence-corrected chi connectivity index (χ4v) is 5.62. The Morgan fingerprint density at radius 3 is 2.78 bits per heavy atom.